The van der Waals surface area contributed by atoms with E-state index in [1.165, 1.54) is 37.5 Å². The number of fused-ring (bicyclic) bond motifs is 5. The van der Waals surface area contributed by atoms with Crippen molar-refractivity contribution in [2.45, 2.75) is 63.6 Å². The van der Waals surface area contributed by atoms with Crippen LogP contribution in [0.3, 0.4) is 0 Å². The molecule has 0 saturated heterocycles. The number of allylic oxidation sites excluding steroid dienone is 4. The Morgan fingerprint density at radius 1 is 1.27 bits per heavy atom. The smallest absolute Gasteiger partial charge is 0.375 e. The number of thioether (sulfide) groups is 1. The van der Waals surface area contributed by atoms with E-state index in [-0.39, 0.29) is 30.6 Å². The largest absolute Gasteiger partial charge is 0.457 e. The molecule has 9 atom stereocenters. The molecule has 1 N–H and O–H groups in total. The fraction of sp³-hybridized carbons (Fsp3) is 0.593. The minimum atomic E-state index is -2.35. The molecule has 3 unspecified atom stereocenters. The van der Waals surface area contributed by atoms with Gasteiger partial charge in [0.2, 0.25) is 10.9 Å². The third kappa shape index (κ3) is 3.27. The molecule has 0 amide bonds. The lowest BCUT2D eigenvalue weighted by Gasteiger charge is -2.63. The maximum Gasteiger partial charge on any atom is 0.375 e. The number of carbonyl (C=O) groups is 3. The standard InChI is InChI=1S/C27H29F3O6S/c1-14-9-16-17-11-19(29)18-10-15(31)6-7-24(18,2)26(17,30)21(32)12-25(16,3)27(14,23(34)37-13-28)36-22(33)20-5-4-8-35-20/h4-8,10,14,16-17,19,21,32H,9,11-13H2,1-3H3/t14-,16?,17?,19+,21+,24+,25+,26?,27-/m1/s1. The van der Waals surface area contributed by atoms with Crippen molar-refractivity contribution < 1.29 is 41.8 Å². The van der Waals surface area contributed by atoms with Crippen LogP contribution in [0.5, 0.6) is 0 Å². The zero-order chi connectivity index (χ0) is 27.0. The summed E-state index contributed by atoms with van der Waals surface area (Å²) in [6.45, 7) is 4.79. The topological polar surface area (TPSA) is 93.8 Å². The Morgan fingerprint density at radius 3 is 2.65 bits per heavy atom. The third-order valence-electron chi connectivity index (χ3n) is 9.63. The molecule has 6 nitrogen and oxygen atoms in total. The summed E-state index contributed by atoms with van der Waals surface area (Å²) < 4.78 is 57.5. The maximum absolute atomic E-state index is 17.4. The molecule has 5 rings (SSSR count). The van der Waals surface area contributed by atoms with Crippen LogP contribution in [-0.4, -0.2) is 51.5 Å². The number of carbonyl (C=O) groups excluding carboxylic acids is 3. The zero-order valence-corrected chi connectivity index (χ0v) is 21.5. The third-order valence-corrected chi connectivity index (χ3v) is 10.3. The van der Waals surface area contributed by atoms with Crippen LogP contribution >= 0.6 is 11.8 Å². The maximum atomic E-state index is 17.4. The molecule has 10 heteroatoms. The zero-order valence-electron chi connectivity index (χ0n) is 20.7. The Balaban J connectivity index is 1.64. The van der Waals surface area contributed by atoms with E-state index < -0.39 is 75.0 Å². The molecule has 3 fully saturated rings. The molecule has 4 aliphatic carbocycles. The highest BCUT2D eigenvalue weighted by atomic mass is 32.2. The van der Waals surface area contributed by atoms with Gasteiger partial charge in [-0.05, 0) is 73.7 Å². The Morgan fingerprint density at radius 2 is 2.00 bits per heavy atom. The number of esters is 1. The predicted octanol–water partition coefficient (Wildman–Crippen LogP) is 4.93. The van der Waals surface area contributed by atoms with E-state index in [9.17, 15) is 23.9 Å². The number of hydrogen-bond donors (Lipinski definition) is 1. The summed E-state index contributed by atoms with van der Waals surface area (Å²) >= 11 is 0.352. The Hall–Kier alpha value is -2.33. The van der Waals surface area contributed by atoms with Crippen molar-refractivity contribution in [1.82, 2.24) is 0 Å². The fourth-order valence-electron chi connectivity index (χ4n) is 7.97. The van der Waals surface area contributed by atoms with Crippen LogP contribution < -0.4 is 0 Å². The molecular weight excluding hydrogens is 509 g/mol. The summed E-state index contributed by atoms with van der Waals surface area (Å²) in [5, 5.41) is 10.7. The number of aliphatic hydroxyl groups excluding tert-OH is 1. The van der Waals surface area contributed by atoms with Gasteiger partial charge in [-0.3, -0.25) is 9.59 Å². The van der Waals surface area contributed by atoms with Gasteiger partial charge < -0.3 is 14.3 Å². The van der Waals surface area contributed by atoms with E-state index in [0.717, 1.165) is 6.08 Å². The van der Waals surface area contributed by atoms with Gasteiger partial charge in [-0.1, -0.05) is 19.9 Å². The molecule has 1 aromatic rings. The van der Waals surface area contributed by atoms with Gasteiger partial charge in [0.25, 0.3) is 0 Å². The first-order valence-electron chi connectivity index (χ1n) is 12.3. The van der Waals surface area contributed by atoms with Crippen molar-refractivity contribution in [1.29, 1.82) is 0 Å². The van der Waals surface area contributed by atoms with Crippen LogP contribution in [0.25, 0.3) is 0 Å². The van der Waals surface area contributed by atoms with E-state index in [2.05, 4.69) is 0 Å². The van der Waals surface area contributed by atoms with Crippen LogP contribution in [0.1, 0.15) is 50.6 Å². The van der Waals surface area contributed by atoms with Crippen molar-refractivity contribution in [3.05, 3.63) is 48.0 Å². The lowest BCUT2D eigenvalue weighted by atomic mass is 9.44. The lowest BCUT2D eigenvalue weighted by molar-refractivity contribution is -0.221. The Kier molecular flexibility index (Phi) is 6.10. The molecule has 1 heterocycles. The quantitative estimate of drug-likeness (QED) is 0.544. The van der Waals surface area contributed by atoms with Gasteiger partial charge in [-0.15, -0.1) is 0 Å². The molecule has 0 bridgehead atoms. The van der Waals surface area contributed by atoms with Gasteiger partial charge in [-0.25, -0.2) is 18.0 Å². The van der Waals surface area contributed by atoms with Crippen LogP contribution in [0.15, 0.2) is 46.6 Å². The van der Waals surface area contributed by atoms with E-state index in [1.54, 1.807) is 13.8 Å². The SMILES string of the molecule is C[C@@H]1CC2C3C[C@H](F)C4=CC(=O)C=C[C@]4(C)C3(F)[C@@H](O)C[C@]2(C)[C@]1(OC(=O)c1ccco1)C(=O)SCF. The molecule has 1 aromatic heterocycles. The molecule has 0 radical (unpaired) electrons. The summed E-state index contributed by atoms with van der Waals surface area (Å²) in [5.41, 5.74) is -7.19. The lowest BCUT2D eigenvalue weighted by Crippen LogP contribution is -2.70. The average Bonchev–Trinajstić information content (AvgIpc) is 3.45. The summed E-state index contributed by atoms with van der Waals surface area (Å²) in [6.07, 6.45) is 1.16. The second-order valence-corrected chi connectivity index (χ2v) is 12.0. The number of furan rings is 1. The van der Waals surface area contributed by atoms with Gasteiger partial charge >= 0.3 is 5.97 Å². The monoisotopic (exact) mass is 538 g/mol. The first-order valence-corrected chi connectivity index (χ1v) is 13.3. The van der Waals surface area contributed by atoms with Crippen molar-refractivity contribution in [2.24, 2.45) is 28.6 Å². The highest BCUT2D eigenvalue weighted by Crippen LogP contribution is 2.72. The minimum absolute atomic E-state index is 0.00739. The number of rotatable bonds is 4. The molecule has 0 aliphatic heterocycles. The molecule has 200 valence electrons. The highest BCUT2D eigenvalue weighted by molar-refractivity contribution is 8.13. The fourth-order valence-corrected chi connectivity index (χ4v) is 8.76. The summed E-state index contributed by atoms with van der Waals surface area (Å²) in [5.74, 6) is -3.98. The Labute approximate surface area is 216 Å². The number of ketones is 1. The van der Waals surface area contributed by atoms with Gasteiger partial charge in [0.05, 0.1) is 12.4 Å². The summed E-state index contributed by atoms with van der Waals surface area (Å²) in [4.78, 5) is 38.7. The van der Waals surface area contributed by atoms with Crippen molar-refractivity contribution >= 4 is 28.6 Å². The van der Waals surface area contributed by atoms with Crippen molar-refractivity contribution in [3.63, 3.8) is 0 Å². The first kappa shape index (κ1) is 26.3. The second-order valence-electron chi connectivity index (χ2n) is 11.1. The Bertz CT molecular complexity index is 1200. The predicted molar refractivity (Wildman–Crippen MR) is 129 cm³/mol. The highest BCUT2D eigenvalue weighted by Gasteiger charge is 2.78. The van der Waals surface area contributed by atoms with E-state index >= 15 is 8.78 Å². The van der Waals surface area contributed by atoms with Crippen molar-refractivity contribution in [3.8, 4) is 0 Å². The van der Waals surface area contributed by atoms with Gasteiger partial charge in [0, 0.05) is 22.7 Å². The summed E-state index contributed by atoms with van der Waals surface area (Å²) in [6, 6.07) is 1.78. The first-order chi connectivity index (χ1) is 17.4. The van der Waals surface area contributed by atoms with Gasteiger partial charge in [0.15, 0.2) is 17.1 Å². The molecule has 3 saturated carbocycles. The van der Waals surface area contributed by atoms with Crippen LogP contribution in [0, 0.1) is 28.6 Å². The van der Waals surface area contributed by atoms with Crippen LogP contribution in [0.4, 0.5) is 13.2 Å². The average molecular weight is 539 g/mol. The normalized spacial score (nSPS) is 44.5. The number of alkyl halides is 3. The van der Waals surface area contributed by atoms with E-state index in [0.29, 0.717) is 11.8 Å². The minimum Gasteiger partial charge on any atom is -0.457 e. The van der Waals surface area contributed by atoms with E-state index in [1.807, 2.05) is 0 Å². The number of aliphatic hydroxyl groups is 1. The molecule has 37 heavy (non-hydrogen) atoms. The van der Waals surface area contributed by atoms with Gasteiger partial charge in [-0.2, -0.15) is 0 Å². The van der Waals surface area contributed by atoms with Crippen LogP contribution in [-0.2, 0) is 14.3 Å². The molecule has 4 aliphatic rings. The number of ether oxygens (including phenoxy) is 1. The van der Waals surface area contributed by atoms with E-state index in [4.69, 9.17) is 9.15 Å². The molecule has 0 aromatic carbocycles. The second kappa shape index (κ2) is 8.59. The van der Waals surface area contributed by atoms with Gasteiger partial charge in [0.1, 0.15) is 12.2 Å². The summed E-state index contributed by atoms with van der Waals surface area (Å²) in [7, 11) is 0. The van der Waals surface area contributed by atoms with Crippen molar-refractivity contribution in [2.75, 3.05) is 6.01 Å². The van der Waals surface area contributed by atoms with Crippen LogP contribution in [0.2, 0.25) is 0 Å². The number of halogens is 3. The number of hydrogen-bond acceptors (Lipinski definition) is 7. The molecular formula is C27H29F3O6S. The molecule has 0 spiro atoms.